The van der Waals surface area contributed by atoms with Crippen molar-refractivity contribution < 1.29 is 4.39 Å². The van der Waals surface area contributed by atoms with Crippen LogP contribution in [0.4, 0.5) is 4.39 Å². The van der Waals surface area contributed by atoms with Crippen molar-refractivity contribution >= 4 is 0 Å². The van der Waals surface area contributed by atoms with Gasteiger partial charge >= 0.3 is 0 Å². The average molecular weight is 236 g/mol. The molecule has 3 heteroatoms. The second-order valence-electron chi connectivity index (χ2n) is 5.05. The van der Waals surface area contributed by atoms with Crippen LogP contribution in [0.25, 0.3) is 0 Å². The Balaban J connectivity index is 1.98. The van der Waals surface area contributed by atoms with Crippen molar-refractivity contribution in [1.29, 1.82) is 0 Å². The van der Waals surface area contributed by atoms with Gasteiger partial charge in [0.15, 0.2) is 0 Å². The molecule has 1 heterocycles. The fourth-order valence-corrected chi connectivity index (χ4v) is 2.75. The zero-order valence-electron chi connectivity index (χ0n) is 10.4. The minimum absolute atomic E-state index is 0.144. The van der Waals surface area contributed by atoms with Gasteiger partial charge in [-0.1, -0.05) is 19.1 Å². The van der Waals surface area contributed by atoms with Crippen LogP contribution in [0.2, 0.25) is 0 Å². The van der Waals surface area contributed by atoms with Crippen molar-refractivity contribution in [3.8, 4) is 0 Å². The van der Waals surface area contributed by atoms with E-state index in [0.29, 0.717) is 5.92 Å². The zero-order chi connectivity index (χ0) is 12.3. The summed E-state index contributed by atoms with van der Waals surface area (Å²) in [5, 5.41) is 0. The topological polar surface area (TPSA) is 29.3 Å². The smallest absolute Gasteiger partial charge is 0.123 e. The number of halogens is 1. The number of likely N-dealkylation sites (N-methyl/N-ethyl adjacent to an activating group) is 1. The molecule has 1 aliphatic rings. The van der Waals surface area contributed by atoms with Gasteiger partial charge in [0.2, 0.25) is 0 Å². The van der Waals surface area contributed by atoms with Crippen LogP contribution >= 0.6 is 0 Å². The number of nitrogens with zero attached hydrogens (tertiary/aromatic N) is 1. The van der Waals surface area contributed by atoms with Gasteiger partial charge in [0.25, 0.3) is 0 Å². The first-order valence-corrected chi connectivity index (χ1v) is 6.39. The van der Waals surface area contributed by atoms with Crippen LogP contribution in [0.3, 0.4) is 0 Å². The average Bonchev–Trinajstić information content (AvgIpc) is 2.28. The number of hydrogen-bond acceptors (Lipinski definition) is 2. The summed E-state index contributed by atoms with van der Waals surface area (Å²) in [5.74, 6) is 0.412. The molecule has 17 heavy (non-hydrogen) atoms. The van der Waals surface area contributed by atoms with Gasteiger partial charge in [-0.3, -0.25) is 0 Å². The highest BCUT2D eigenvalue weighted by Gasteiger charge is 2.24. The maximum atomic E-state index is 13.1. The molecule has 2 atom stereocenters. The van der Waals surface area contributed by atoms with Crippen molar-refractivity contribution in [2.75, 3.05) is 19.6 Å². The summed E-state index contributed by atoms with van der Waals surface area (Å²) < 4.78 is 13.1. The van der Waals surface area contributed by atoms with E-state index in [9.17, 15) is 4.39 Å². The molecule has 0 spiro atoms. The van der Waals surface area contributed by atoms with E-state index in [4.69, 9.17) is 5.73 Å². The molecule has 0 saturated carbocycles. The summed E-state index contributed by atoms with van der Waals surface area (Å²) in [7, 11) is 0. The van der Waals surface area contributed by atoms with Crippen LogP contribution in [-0.4, -0.2) is 30.6 Å². The van der Waals surface area contributed by atoms with Crippen LogP contribution in [0.5, 0.6) is 0 Å². The summed E-state index contributed by atoms with van der Waals surface area (Å²) in [6.45, 7) is 5.29. The Bertz CT molecular complexity index is 367. The lowest BCUT2D eigenvalue weighted by molar-refractivity contribution is 0.163. The normalized spacial score (nSPS) is 26.1. The third-order valence-electron chi connectivity index (χ3n) is 3.51. The maximum Gasteiger partial charge on any atom is 0.123 e. The summed E-state index contributed by atoms with van der Waals surface area (Å²) in [6, 6.07) is 7.18. The Morgan fingerprint density at radius 3 is 2.94 bits per heavy atom. The molecule has 2 N–H and O–H groups in total. The maximum absolute atomic E-state index is 13.1. The standard InChI is InChI=1S/C14H21FN2/c1-2-17-9-12(8-14(16)10-17)6-11-4-3-5-13(15)7-11/h3-5,7,12,14H,2,6,8-10,16H2,1H3. The lowest BCUT2D eigenvalue weighted by Gasteiger charge is -2.35. The number of nitrogens with two attached hydrogens (primary N) is 1. The largest absolute Gasteiger partial charge is 0.327 e. The summed E-state index contributed by atoms with van der Waals surface area (Å²) in [6.07, 6.45) is 1.98. The predicted octanol–water partition coefficient (Wildman–Crippen LogP) is 2.04. The number of rotatable bonds is 3. The molecule has 0 radical (unpaired) electrons. The van der Waals surface area contributed by atoms with Crippen LogP contribution < -0.4 is 5.73 Å². The first-order valence-electron chi connectivity index (χ1n) is 6.39. The first kappa shape index (κ1) is 12.5. The molecule has 2 rings (SSSR count). The highest BCUT2D eigenvalue weighted by molar-refractivity contribution is 5.17. The number of benzene rings is 1. The fraction of sp³-hybridized carbons (Fsp3) is 0.571. The Hall–Kier alpha value is -0.930. The van der Waals surface area contributed by atoms with Crippen LogP contribution in [0.1, 0.15) is 18.9 Å². The molecule has 0 aromatic heterocycles. The second-order valence-corrected chi connectivity index (χ2v) is 5.05. The highest BCUT2D eigenvalue weighted by Crippen LogP contribution is 2.20. The molecule has 0 bridgehead atoms. The van der Waals surface area contributed by atoms with Crippen molar-refractivity contribution in [2.45, 2.75) is 25.8 Å². The van der Waals surface area contributed by atoms with E-state index in [0.717, 1.165) is 38.0 Å². The monoisotopic (exact) mass is 236 g/mol. The molecular weight excluding hydrogens is 215 g/mol. The van der Waals surface area contributed by atoms with Gasteiger partial charge in [0.1, 0.15) is 5.82 Å². The van der Waals surface area contributed by atoms with E-state index < -0.39 is 0 Å². The molecule has 0 amide bonds. The van der Waals surface area contributed by atoms with E-state index in [-0.39, 0.29) is 11.9 Å². The molecule has 1 aliphatic heterocycles. The third-order valence-corrected chi connectivity index (χ3v) is 3.51. The minimum atomic E-state index is -0.144. The van der Waals surface area contributed by atoms with Gasteiger partial charge in [0, 0.05) is 19.1 Å². The Labute approximate surface area is 103 Å². The zero-order valence-corrected chi connectivity index (χ0v) is 10.4. The predicted molar refractivity (Wildman–Crippen MR) is 68.3 cm³/mol. The molecule has 1 aromatic rings. The quantitative estimate of drug-likeness (QED) is 0.870. The van der Waals surface area contributed by atoms with E-state index in [1.807, 2.05) is 6.07 Å². The van der Waals surface area contributed by atoms with Gasteiger partial charge < -0.3 is 10.6 Å². The number of likely N-dealkylation sites (tertiary alicyclic amines) is 1. The van der Waals surface area contributed by atoms with Gasteiger partial charge in [-0.2, -0.15) is 0 Å². The van der Waals surface area contributed by atoms with Gasteiger partial charge in [-0.25, -0.2) is 4.39 Å². The minimum Gasteiger partial charge on any atom is -0.327 e. The molecule has 0 aliphatic carbocycles. The van der Waals surface area contributed by atoms with E-state index in [1.54, 1.807) is 12.1 Å². The summed E-state index contributed by atoms with van der Waals surface area (Å²) >= 11 is 0. The van der Waals surface area contributed by atoms with Crippen molar-refractivity contribution in [3.05, 3.63) is 35.6 Å². The van der Waals surface area contributed by atoms with Gasteiger partial charge in [-0.15, -0.1) is 0 Å². The molecule has 1 saturated heterocycles. The molecule has 1 aromatic carbocycles. The molecular formula is C14H21FN2. The molecule has 94 valence electrons. The Morgan fingerprint density at radius 1 is 1.41 bits per heavy atom. The van der Waals surface area contributed by atoms with E-state index >= 15 is 0 Å². The first-order chi connectivity index (χ1) is 8.17. The molecule has 2 unspecified atom stereocenters. The summed E-state index contributed by atoms with van der Waals surface area (Å²) in [5.41, 5.74) is 7.14. The van der Waals surface area contributed by atoms with Crippen molar-refractivity contribution in [1.82, 2.24) is 4.90 Å². The van der Waals surface area contributed by atoms with Crippen molar-refractivity contribution in [3.63, 3.8) is 0 Å². The number of hydrogen-bond donors (Lipinski definition) is 1. The fourth-order valence-electron chi connectivity index (χ4n) is 2.75. The third kappa shape index (κ3) is 3.51. The van der Waals surface area contributed by atoms with Crippen LogP contribution in [0, 0.1) is 11.7 Å². The van der Waals surface area contributed by atoms with E-state index in [2.05, 4.69) is 11.8 Å². The highest BCUT2D eigenvalue weighted by atomic mass is 19.1. The Morgan fingerprint density at radius 2 is 2.24 bits per heavy atom. The SMILES string of the molecule is CCN1CC(N)CC(Cc2cccc(F)c2)C1. The lowest BCUT2D eigenvalue weighted by atomic mass is 9.89. The van der Waals surface area contributed by atoms with Gasteiger partial charge in [-0.05, 0) is 43.0 Å². The van der Waals surface area contributed by atoms with Gasteiger partial charge in [0.05, 0.1) is 0 Å². The van der Waals surface area contributed by atoms with Crippen LogP contribution in [-0.2, 0) is 6.42 Å². The molecule has 1 fully saturated rings. The Kier molecular flexibility index (Phi) is 4.13. The van der Waals surface area contributed by atoms with Crippen molar-refractivity contribution in [2.24, 2.45) is 11.7 Å². The number of piperidine rings is 1. The molecule has 2 nitrogen and oxygen atoms in total. The van der Waals surface area contributed by atoms with E-state index in [1.165, 1.54) is 6.07 Å². The van der Waals surface area contributed by atoms with Crippen LogP contribution in [0.15, 0.2) is 24.3 Å². The summed E-state index contributed by atoms with van der Waals surface area (Å²) in [4.78, 5) is 2.39. The second kappa shape index (κ2) is 5.61. The lowest BCUT2D eigenvalue weighted by Crippen LogP contribution is -2.47.